The van der Waals surface area contributed by atoms with Crippen molar-refractivity contribution in [3.63, 3.8) is 0 Å². The van der Waals surface area contributed by atoms with Gasteiger partial charge in [-0.05, 0) is 31.0 Å². The van der Waals surface area contributed by atoms with Crippen molar-refractivity contribution in [2.75, 3.05) is 6.61 Å². The molecule has 0 bridgehead atoms. The second-order valence-electron chi connectivity index (χ2n) is 3.51. The minimum Gasteiger partial charge on any atom is -0.479 e. The van der Waals surface area contributed by atoms with E-state index in [9.17, 15) is 4.79 Å². The topological polar surface area (TPSA) is 46.5 Å². The van der Waals surface area contributed by atoms with E-state index >= 15 is 0 Å². The van der Waals surface area contributed by atoms with Crippen LogP contribution in [0.2, 0.25) is 5.02 Å². The van der Waals surface area contributed by atoms with Gasteiger partial charge in [0, 0.05) is 18.1 Å². The van der Waals surface area contributed by atoms with Gasteiger partial charge >= 0.3 is 5.97 Å². The third-order valence-corrected chi connectivity index (χ3v) is 2.84. The smallest absolute Gasteiger partial charge is 0.333 e. The molecule has 0 fully saturated rings. The van der Waals surface area contributed by atoms with Gasteiger partial charge in [-0.1, -0.05) is 23.7 Å². The van der Waals surface area contributed by atoms with Crippen molar-refractivity contribution in [1.29, 1.82) is 0 Å². The fraction of sp³-hybridized carbons (Fsp3) is 0.417. The number of carboxylic acid groups (broad SMARTS) is 1. The van der Waals surface area contributed by atoms with E-state index in [1.165, 1.54) is 0 Å². The van der Waals surface area contributed by atoms with Gasteiger partial charge in [-0.25, -0.2) is 4.79 Å². The molecule has 0 radical (unpaired) electrons. The molecule has 1 aromatic rings. The minimum absolute atomic E-state index is 0.343. The Balaban J connectivity index is 2.85. The van der Waals surface area contributed by atoms with Gasteiger partial charge in [0.05, 0.1) is 0 Å². The van der Waals surface area contributed by atoms with Crippen LogP contribution in [0.1, 0.15) is 18.1 Å². The zero-order valence-corrected chi connectivity index (χ0v) is 10.1. The lowest BCUT2D eigenvalue weighted by Gasteiger charge is -2.14. The van der Waals surface area contributed by atoms with Crippen molar-refractivity contribution in [2.24, 2.45) is 0 Å². The van der Waals surface area contributed by atoms with Crippen molar-refractivity contribution in [3.05, 3.63) is 34.3 Å². The molecule has 0 aliphatic carbocycles. The van der Waals surface area contributed by atoms with Crippen LogP contribution in [-0.4, -0.2) is 23.8 Å². The monoisotopic (exact) mass is 242 g/mol. The lowest BCUT2D eigenvalue weighted by atomic mass is 10.0. The SMILES string of the molecule is CCOC(Cc1cccc(Cl)c1C)C(=O)O. The predicted octanol–water partition coefficient (Wildman–Crippen LogP) is 2.68. The third kappa shape index (κ3) is 3.22. The van der Waals surface area contributed by atoms with Gasteiger partial charge in [-0.3, -0.25) is 0 Å². The first-order chi connectivity index (χ1) is 7.56. The normalized spacial score (nSPS) is 12.4. The third-order valence-electron chi connectivity index (χ3n) is 2.43. The quantitative estimate of drug-likeness (QED) is 0.864. The molecule has 0 aromatic heterocycles. The van der Waals surface area contributed by atoms with Crippen LogP contribution in [0.3, 0.4) is 0 Å². The van der Waals surface area contributed by atoms with E-state index in [1.54, 1.807) is 13.0 Å². The van der Waals surface area contributed by atoms with E-state index in [-0.39, 0.29) is 0 Å². The van der Waals surface area contributed by atoms with Gasteiger partial charge in [0.15, 0.2) is 6.10 Å². The van der Waals surface area contributed by atoms with Gasteiger partial charge < -0.3 is 9.84 Å². The van der Waals surface area contributed by atoms with E-state index in [0.29, 0.717) is 18.1 Å². The summed E-state index contributed by atoms with van der Waals surface area (Å²) >= 11 is 5.97. The molecule has 88 valence electrons. The molecule has 0 amide bonds. The molecule has 1 N–H and O–H groups in total. The van der Waals surface area contributed by atoms with Crippen LogP contribution in [0, 0.1) is 6.92 Å². The van der Waals surface area contributed by atoms with Crippen molar-refractivity contribution < 1.29 is 14.6 Å². The first kappa shape index (κ1) is 13.0. The summed E-state index contributed by atoms with van der Waals surface area (Å²) in [6.45, 7) is 4.04. The average molecular weight is 243 g/mol. The molecule has 16 heavy (non-hydrogen) atoms. The van der Waals surface area contributed by atoms with E-state index in [4.69, 9.17) is 21.4 Å². The second-order valence-corrected chi connectivity index (χ2v) is 3.92. The second kappa shape index (κ2) is 5.87. The Morgan fingerprint density at radius 1 is 1.56 bits per heavy atom. The molecule has 0 saturated carbocycles. The average Bonchev–Trinajstić information content (AvgIpc) is 2.23. The molecular formula is C12H15ClO3. The number of halogens is 1. The Kier molecular flexibility index (Phi) is 4.77. The highest BCUT2D eigenvalue weighted by atomic mass is 35.5. The lowest BCUT2D eigenvalue weighted by Crippen LogP contribution is -2.26. The molecule has 0 heterocycles. The highest BCUT2D eigenvalue weighted by Gasteiger charge is 2.19. The van der Waals surface area contributed by atoms with Crippen LogP contribution in [0.25, 0.3) is 0 Å². The number of hydrogen-bond donors (Lipinski definition) is 1. The summed E-state index contributed by atoms with van der Waals surface area (Å²) in [4.78, 5) is 10.9. The van der Waals surface area contributed by atoms with Crippen molar-refractivity contribution >= 4 is 17.6 Å². The van der Waals surface area contributed by atoms with Crippen LogP contribution >= 0.6 is 11.6 Å². The summed E-state index contributed by atoms with van der Waals surface area (Å²) in [6, 6.07) is 5.47. The molecular weight excluding hydrogens is 228 g/mol. The van der Waals surface area contributed by atoms with Crippen molar-refractivity contribution in [1.82, 2.24) is 0 Å². The molecule has 4 heteroatoms. The van der Waals surface area contributed by atoms with E-state index in [0.717, 1.165) is 11.1 Å². The summed E-state index contributed by atoms with van der Waals surface area (Å²) in [5.74, 6) is -0.943. The molecule has 0 aliphatic rings. The first-order valence-corrected chi connectivity index (χ1v) is 5.52. The van der Waals surface area contributed by atoms with Crippen LogP contribution < -0.4 is 0 Å². The lowest BCUT2D eigenvalue weighted by molar-refractivity contribution is -0.149. The van der Waals surface area contributed by atoms with E-state index in [2.05, 4.69) is 0 Å². The Bertz CT molecular complexity index is 377. The minimum atomic E-state index is -0.943. The molecule has 1 unspecified atom stereocenters. The van der Waals surface area contributed by atoms with Crippen molar-refractivity contribution in [3.8, 4) is 0 Å². The Labute approximate surface area is 100.0 Å². The fourth-order valence-corrected chi connectivity index (χ4v) is 1.69. The molecule has 3 nitrogen and oxygen atoms in total. The molecule has 1 aromatic carbocycles. The van der Waals surface area contributed by atoms with Crippen molar-refractivity contribution in [2.45, 2.75) is 26.4 Å². The highest BCUT2D eigenvalue weighted by molar-refractivity contribution is 6.31. The first-order valence-electron chi connectivity index (χ1n) is 5.14. The Hall–Kier alpha value is -1.06. The van der Waals surface area contributed by atoms with Crippen LogP contribution in [0.5, 0.6) is 0 Å². The Morgan fingerprint density at radius 2 is 2.25 bits per heavy atom. The highest BCUT2D eigenvalue weighted by Crippen LogP contribution is 2.20. The number of aliphatic carboxylic acids is 1. The predicted molar refractivity (Wildman–Crippen MR) is 62.9 cm³/mol. The summed E-state index contributed by atoms with van der Waals surface area (Å²) in [7, 11) is 0. The molecule has 0 saturated heterocycles. The largest absolute Gasteiger partial charge is 0.479 e. The van der Waals surface area contributed by atoms with Crippen LogP contribution in [0.15, 0.2) is 18.2 Å². The Morgan fingerprint density at radius 3 is 2.81 bits per heavy atom. The van der Waals surface area contributed by atoms with Crippen LogP contribution in [0.4, 0.5) is 0 Å². The number of rotatable bonds is 5. The zero-order valence-electron chi connectivity index (χ0n) is 9.37. The van der Waals surface area contributed by atoms with Gasteiger partial charge in [-0.2, -0.15) is 0 Å². The van der Waals surface area contributed by atoms with Gasteiger partial charge in [0.25, 0.3) is 0 Å². The van der Waals surface area contributed by atoms with E-state index in [1.807, 2.05) is 19.1 Å². The summed E-state index contributed by atoms with van der Waals surface area (Å²) < 4.78 is 5.16. The maximum Gasteiger partial charge on any atom is 0.333 e. The number of carboxylic acids is 1. The summed E-state index contributed by atoms with van der Waals surface area (Å²) in [5.41, 5.74) is 1.82. The van der Waals surface area contributed by atoms with E-state index < -0.39 is 12.1 Å². The number of hydrogen-bond acceptors (Lipinski definition) is 2. The number of carbonyl (C=O) groups is 1. The standard InChI is InChI=1S/C12H15ClO3/c1-3-16-11(12(14)15)7-9-5-4-6-10(13)8(9)2/h4-6,11H,3,7H2,1-2H3,(H,14,15). The fourth-order valence-electron chi connectivity index (χ4n) is 1.49. The maximum atomic E-state index is 10.9. The number of benzene rings is 1. The van der Waals surface area contributed by atoms with Gasteiger partial charge in [0.2, 0.25) is 0 Å². The molecule has 0 aliphatic heterocycles. The number of ether oxygens (including phenoxy) is 1. The molecule has 1 atom stereocenters. The van der Waals surface area contributed by atoms with Crippen LogP contribution in [-0.2, 0) is 16.0 Å². The zero-order chi connectivity index (χ0) is 12.1. The summed E-state index contributed by atoms with van der Waals surface area (Å²) in [6.07, 6.45) is -0.461. The van der Waals surface area contributed by atoms with Gasteiger partial charge in [-0.15, -0.1) is 0 Å². The molecule has 1 rings (SSSR count). The molecule has 0 spiro atoms. The maximum absolute atomic E-state index is 10.9. The summed E-state index contributed by atoms with van der Waals surface area (Å²) in [5, 5.41) is 9.62. The van der Waals surface area contributed by atoms with Gasteiger partial charge in [0.1, 0.15) is 0 Å².